The van der Waals surface area contributed by atoms with Crippen LogP contribution in [0.2, 0.25) is 0 Å². The highest BCUT2D eigenvalue weighted by Crippen LogP contribution is 1.87. The van der Waals surface area contributed by atoms with Gasteiger partial charge in [0.2, 0.25) is 0 Å². The molecule has 62 valence electrons. The third-order valence-electron chi connectivity index (χ3n) is 0.751. The van der Waals surface area contributed by atoms with Gasteiger partial charge in [0.25, 0.3) is 0 Å². The normalized spacial score (nSPS) is 7.00. The van der Waals surface area contributed by atoms with Gasteiger partial charge in [0.1, 0.15) is 6.61 Å². The molecule has 0 amide bonds. The van der Waals surface area contributed by atoms with E-state index in [1.165, 1.54) is 7.11 Å². The van der Waals surface area contributed by atoms with Gasteiger partial charge in [-0.2, -0.15) is 0 Å². The van der Waals surface area contributed by atoms with Crippen molar-refractivity contribution < 1.29 is 9.53 Å². The molecule has 0 N–H and O–H groups in total. The Morgan fingerprint density at radius 2 is 1.90 bits per heavy atom. The molecule has 10 heavy (non-hydrogen) atoms. The van der Waals surface area contributed by atoms with Gasteiger partial charge in [0.05, 0.1) is 0 Å². The first kappa shape index (κ1) is 16.2. The van der Waals surface area contributed by atoms with Gasteiger partial charge in [-0.25, -0.2) is 0 Å². The fraction of sp³-hybridized carbons (Fsp3) is 0.625. The summed E-state index contributed by atoms with van der Waals surface area (Å²) in [5.41, 5.74) is 0.548. The van der Waals surface area contributed by atoms with Gasteiger partial charge < -0.3 is 4.74 Å². The van der Waals surface area contributed by atoms with Crippen molar-refractivity contribution in [2.45, 2.75) is 21.8 Å². The number of ether oxygens (including phenoxy) is 1. The average Bonchev–Trinajstić information content (AvgIpc) is 1.67. The topological polar surface area (TPSA) is 26.3 Å². The van der Waals surface area contributed by atoms with E-state index in [1.54, 1.807) is 6.92 Å². The third kappa shape index (κ3) is 7.37. The molecular weight excluding hydrogens is 128 g/mol. The zero-order valence-corrected chi connectivity index (χ0v) is 5.23. The Kier molecular flexibility index (Phi) is 13.5. The van der Waals surface area contributed by atoms with E-state index in [0.29, 0.717) is 5.57 Å². The molecule has 0 aromatic carbocycles. The summed E-state index contributed by atoms with van der Waals surface area (Å²) in [6, 6.07) is 0. The summed E-state index contributed by atoms with van der Waals surface area (Å²) in [6.45, 7) is 5.26. The van der Waals surface area contributed by atoms with Crippen LogP contribution >= 0.6 is 0 Å². The van der Waals surface area contributed by atoms with E-state index in [-0.39, 0.29) is 27.2 Å². The Morgan fingerprint density at radius 1 is 1.50 bits per heavy atom. The predicted molar refractivity (Wildman–Crippen MR) is 45.2 cm³/mol. The van der Waals surface area contributed by atoms with Crippen LogP contribution in [0.1, 0.15) is 21.8 Å². The predicted octanol–water partition coefficient (Wildman–Crippen LogP) is 2.05. The summed E-state index contributed by atoms with van der Waals surface area (Å²) >= 11 is 0. The van der Waals surface area contributed by atoms with Crippen molar-refractivity contribution in [2.24, 2.45) is 0 Å². The van der Waals surface area contributed by atoms with Crippen molar-refractivity contribution in [1.29, 1.82) is 0 Å². The standard InChI is InChI=1S/C6H10O2.2CH4/c1-5(2)6(7)4-8-3;;/h1,4H2,2-3H3;2*1H4. The lowest BCUT2D eigenvalue weighted by Crippen LogP contribution is -2.05. The van der Waals surface area contributed by atoms with Gasteiger partial charge >= 0.3 is 0 Å². The number of hydrogen-bond acceptors (Lipinski definition) is 2. The van der Waals surface area contributed by atoms with E-state index in [4.69, 9.17) is 0 Å². The van der Waals surface area contributed by atoms with Crippen LogP contribution in [0.15, 0.2) is 12.2 Å². The van der Waals surface area contributed by atoms with Crippen LogP contribution in [0.4, 0.5) is 0 Å². The van der Waals surface area contributed by atoms with Gasteiger partial charge in [0.15, 0.2) is 5.78 Å². The molecule has 0 fully saturated rings. The first-order valence-corrected chi connectivity index (χ1v) is 2.36. The molecule has 0 radical (unpaired) electrons. The lowest BCUT2D eigenvalue weighted by molar-refractivity contribution is -0.118. The smallest absolute Gasteiger partial charge is 0.183 e. The average molecular weight is 146 g/mol. The fourth-order valence-electron chi connectivity index (χ4n) is 0.254. The maximum Gasteiger partial charge on any atom is 0.183 e. The fourth-order valence-corrected chi connectivity index (χ4v) is 0.254. The first-order valence-electron chi connectivity index (χ1n) is 2.36. The molecular formula is C8H18O2. The SMILES string of the molecule is C.C.C=C(C)C(=O)COC. The molecule has 0 heterocycles. The first-order chi connectivity index (χ1) is 3.68. The molecule has 0 bridgehead atoms. The highest BCUT2D eigenvalue weighted by atomic mass is 16.5. The van der Waals surface area contributed by atoms with Crippen LogP contribution in [-0.4, -0.2) is 19.5 Å². The van der Waals surface area contributed by atoms with E-state index >= 15 is 0 Å². The Hall–Kier alpha value is -0.630. The zero-order valence-electron chi connectivity index (χ0n) is 5.23. The second kappa shape index (κ2) is 8.37. The van der Waals surface area contributed by atoms with Gasteiger partial charge in [-0.3, -0.25) is 4.79 Å². The maximum absolute atomic E-state index is 10.5. The molecule has 0 aliphatic rings. The van der Waals surface area contributed by atoms with Crippen molar-refractivity contribution in [1.82, 2.24) is 0 Å². The molecule has 2 heteroatoms. The summed E-state index contributed by atoms with van der Waals surface area (Å²) in [7, 11) is 1.49. The third-order valence-corrected chi connectivity index (χ3v) is 0.751. The largest absolute Gasteiger partial charge is 0.377 e. The van der Waals surface area contributed by atoms with Gasteiger partial charge in [-0.15, -0.1) is 0 Å². The maximum atomic E-state index is 10.5. The van der Waals surface area contributed by atoms with Crippen molar-refractivity contribution in [3.8, 4) is 0 Å². The highest BCUT2D eigenvalue weighted by Gasteiger charge is 1.97. The molecule has 0 aromatic heterocycles. The number of Topliss-reactive ketones (excluding diaryl/α,β-unsaturated/α-hetero) is 1. The lowest BCUT2D eigenvalue weighted by atomic mass is 10.2. The van der Waals surface area contributed by atoms with Crippen molar-refractivity contribution in [2.75, 3.05) is 13.7 Å². The number of methoxy groups -OCH3 is 1. The molecule has 0 aliphatic carbocycles. The van der Waals surface area contributed by atoms with Crippen LogP contribution < -0.4 is 0 Å². The molecule has 0 saturated carbocycles. The van der Waals surface area contributed by atoms with Crippen LogP contribution in [0.5, 0.6) is 0 Å². The van der Waals surface area contributed by atoms with Crippen LogP contribution in [0.3, 0.4) is 0 Å². The van der Waals surface area contributed by atoms with Crippen molar-refractivity contribution in [3.05, 3.63) is 12.2 Å². The second-order valence-electron chi connectivity index (χ2n) is 1.64. The van der Waals surface area contributed by atoms with E-state index < -0.39 is 0 Å². The van der Waals surface area contributed by atoms with E-state index in [2.05, 4.69) is 11.3 Å². The van der Waals surface area contributed by atoms with E-state index in [9.17, 15) is 4.79 Å². The molecule has 0 atom stereocenters. The molecule has 0 rings (SSSR count). The summed E-state index contributed by atoms with van der Waals surface area (Å²) in [5, 5.41) is 0. The van der Waals surface area contributed by atoms with Crippen LogP contribution in [0.25, 0.3) is 0 Å². The molecule has 0 spiro atoms. The molecule has 0 unspecified atom stereocenters. The van der Waals surface area contributed by atoms with Gasteiger partial charge in [0, 0.05) is 7.11 Å². The van der Waals surface area contributed by atoms with Gasteiger partial charge in [-0.05, 0) is 12.5 Å². The zero-order chi connectivity index (χ0) is 6.57. The van der Waals surface area contributed by atoms with Crippen LogP contribution in [0, 0.1) is 0 Å². The number of carbonyl (C=O) groups excluding carboxylic acids is 1. The second-order valence-corrected chi connectivity index (χ2v) is 1.64. The Bertz CT molecular complexity index is 106. The summed E-state index contributed by atoms with van der Waals surface area (Å²) < 4.78 is 4.55. The minimum Gasteiger partial charge on any atom is -0.377 e. The quantitative estimate of drug-likeness (QED) is 0.569. The Balaban J connectivity index is -0.000000245. The monoisotopic (exact) mass is 146 g/mol. The summed E-state index contributed by atoms with van der Waals surface area (Å²) in [5.74, 6) is -0.0347. The summed E-state index contributed by atoms with van der Waals surface area (Å²) in [6.07, 6.45) is 0. The van der Waals surface area contributed by atoms with E-state index in [0.717, 1.165) is 0 Å². The highest BCUT2D eigenvalue weighted by molar-refractivity contribution is 5.95. The number of rotatable bonds is 3. The van der Waals surface area contributed by atoms with Gasteiger partial charge in [-0.1, -0.05) is 21.4 Å². The lowest BCUT2D eigenvalue weighted by Gasteiger charge is -1.93. The van der Waals surface area contributed by atoms with Crippen molar-refractivity contribution in [3.63, 3.8) is 0 Å². The molecule has 0 aromatic rings. The van der Waals surface area contributed by atoms with Crippen LogP contribution in [-0.2, 0) is 9.53 Å². The molecule has 0 saturated heterocycles. The summed E-state index contributed by atoms with van der Waals surface area (Å²) in [4.78, 5) is 10.5. The van der Waals surface area contributed by atoms with Crippen molar-refractivity contribution >= 4 is 5.78 Å². The number of carbonyl (C=O) groups is 1. The molecule has 0 aliphatic heterocycles. The minimum absolute atomic E-state index is 0. The Labute approximate surface area is 63.9 Å². The number of ketones is 1. The minimum atomic E-state index is -0.0347. The number of hydrogen-bond donors (Lipinski definition) is 0. The van der Waals surface area contributed by atoms with E-state index in [1.807, 2.05) is 0 Å². The molecule has 2 nitrogen and oxygen atoms in total. The Morgan fingerprint density at radius 3 is 2.00 bits per heavy atom.